The molecule has 5 nitrogen and oxygen atoms in total. The molecule has 1 aromatic heterocycles. The first-order chi connectivity index (χ1) is 13.1. The summed E-state index contributed by atoms with van der Waals surface area (Å²) >= 11 is 12.1. The topological polar surface area (TPSA) is 51.0 Å². The average Bonchev–Trinajstić information content (AvgIpc) is 3.17. The number of hydrogen-bond acceptors (Lipinski definition) is 3. The molecule has 7 heteroatoms. The van der Waals surface area contributed by atoms with Crippen LogP contribution in [0.4, 0.5) is 5.95 Å². The molecule has 4 rings (SSSR count). The molecule has 2 aromatic carbocycles. The lowest BCUT2D eigenvalue weighted by Gasteiger charge is -2.39. The Hall–Kier alpha value is -2.37. The number of rotatable bonds is 3. The monoisotopic (exact) mass is 400 g/mol. The van der Waals surface area contributed by atoms with Crippen molar-refractivity contribution in [3.05, 3.63) is 76.0 Å². The number of carbonyl (C=O) groups is 1. The van der Waals surface area contributed by atoms with Gasteiger partial charge >= 0.3 is 0 Å². The summed E-state index contributed by atoms with van der Waals surface area (Å²) in [5.74, 6) is 0.576. The van der Waals surface area contributed by atoms with Gasteiger partial charge in [0.05, 0.1) is 12.1 Å². The first kappa shape index (κ1) is 18.0. The van der Waals surface area contributed by atoms with Crippen LogP contribution in [0.3, 0.4) is 0 Å². The normalized spacial score (nSPS) is 19.0. The van der Waals surface area contributed by atoms with E-state index in [1.807, 2.05) is 60.1 Å². The van der Waals surface area contributed by atoms with E-state index in [-0.39, 0.29) is 18.0 Å². The van der Waals surface area contributed by atoms with E-state index < -0.39 is 0 Å². The minimum atomic E-state index is -0.146. The summed E-state index contributed by atoms with van der Waals surface area (Å²) in [6, 6.07) is 15.2. The van der Waals surface area contributed by atoms with E-state index in [4.69, 9.17) is 23.2 Å². The van der Waals surface area contributed by atoms with Gasteiger partial charge in [0.1, 0.15) is 6.33 Å². The van der Waals surface area contributed by atoms with Gasteiger partial charge in [0, 0.05) is 16.5 Å². The van der Waals surface area contributed by atoms with Crippen molar-refractivity contribution in [1.82, 2.24) is 14.8 Å². The highest BCUT2D eigenvalue weighted by Crippen LogP contribution is 2.42. The molecule has 0 radical (unpaired) electrons. The van der Waals surface area contributed by atoms with Crippen LogP contribution in [0.25, 0.3) is 0 Å². The molecular formula is C20H18Cl2N4O. The summed E-state index contributed by atoms with van der Waals surface area (Å²) in [5, 5.41) is 5.76. The van der Waals surface area contributed by atoms with Gasteiger partial charge in [-0.3, -0.25) is 9.69 Å². The molecular weight excluding hydrogens is 383 g/mol. The molecule has 1 aliphatic heterocycles. The van der Waals surface area contributed by atoms with Gasteiger partial charge in [0.15, 0.2) is 0 Å². The first-order valence-corrected chi connectivity index (χ1v) is 9.56. The summed E-state index contributed by atoms with van der Waals surface area (Å²) in [7, 11) is 0. The Balaban J connectivity index is 1.83. The minimum absolute atomic E-state index is 0.0127. The molecule has 0 saturated carbocycles. The SMILES string of the molecule is CCC(=O)N1c2ncnn2[C@H](c2ccc(Cl)cc2)C[C@H]1c1ccc(Cl)cc1. The van der Waals surface area contributed by atoms with E-state index in [0.717, 1.165) is 11.1 Å². The molecule has 0 aliphatic carbocycles. The van der Waals surface area contributed by atoms with Crippen molar-refractivity contribution in [3.8, 4) is 0 Å². The third-order valence-electron chi connectivity index (χ3n) is 4.90. The average molecular weight is 401 g/mol. The van der Waals surface area contributed by atoms with Crippen molar-refractivity contribution >= 4 is 35.1 Å². The lowest BCUT2D eigenvalue weighted by molar-refractivity contribution is -0.119. The zero-order valence-electron chi connectivity index (χ0n) is 14.7. The van der Waals surface area contributed by atoms with E-state index in [0.29, 0.717) is 28.8 Å². The number of halogens is 2. The van der Waals surface area contributed by atoms with Gasteiger partial charge in [-0.1, -0.05) is 54.4 Å². The van der Waals surface area contributed by atoms with Crippen LogP contribution in [0.2, 0.25) is 10.0 Å². The third-order valence-corrected chi connectivity index (χ3v) is 5.41. The number of fused-ring (bicyclic) bond motifs is 1. The maximum Gasteiger partial charge on any atom is 0.231 e. The molecule has 138 valence electrons. The fourth-order valence-corrected chi connectivity index (χ4v) is 3.83. The summed E-state index contributed by atoms with van der Waals surface area (Å²) in [6.07, 6.45) is 2.58. The highest BCUT2D eigenvalue weighted by atomic mass is 35.5. The predicted molar refractivity (Wildman–Crippen MR) is 106 cm³/mol. The number of anilines is 1. The molecule has 0 fully saturated rings. The van der Waals surface area contributed by atoms with Gasteiger partial charge in [-0.15, -0.1) is 0 Å². The molecule has 27 heavy (non-hydrogen) atoms. The summed E-state index contributed by atoms with van der Waals surface area (Å²) in [5.41, 5.74) is 2.10. The van der Waals surface area contributed by atoms with Crippen LogP contribution in [0.15, 0.2) is 54.9 Å². The second kappa shape index (κ2) is 7.33. The van der Waals surface area contributed by atoms with Gasteiger partial charge in [-0.25, -0.2) is 4.68 Å². The molecule has 0 saturated heterocycles. The largest absolute Gasteiger partial charge is 0.274 e. The van der Waals surface area contributed by atoms with Gasteiger partial charge in [0.2, 0.25) is 11.9 Å². The zero-order chi connectivity index (χ0) is 19.0. The third kappa shape index (κ3) is 3.33. The number of hydrogen-bond donors (Lipinski definition) is 0. The highest BCUT2D eigenvalue weighted by molar-refractivity contribution is 6.30. The lowest BCUT2D eigenvalue weighted by Crippen LogP contribution is -2.42. The quantitative estimate of drug-likeness (QED) is 0.616. The van der Waals surface area contributed by atoms with Crippen molar-refractivity contribution in [3.63, 3.8) is 0 Å². The number of amides is 1. The Morgan fingerprint density at radius 3 is 2.11 bits per heavy atom. The summed E-state index contributed by atoms with van der Waals surface area (Å²) in [4.78, 5) is 18.9. The number of carbonyl (C=O) groups excluding carboxylic acids is 1. The van der Waals surface area contributed by atoms with Crippen LogP contribution < -0.4 is 4.90 Å². The Kier molecular flexibility index (Phi) is 4.89. The van der Waals surface area contributed by atoms with Gasteiger partial charge in [-0.2, -0.15) is 10.1 Å². The number of aromatic nitrogens is 3. The molecule has 1 amide bonds. The molecule has 0 unspecified atom stereocenters. The highest BCUT2D eigenvalue weighted by Gasteiger charge is 2.38. The van der Waals surface area contributed by atoms with E-state index in [2.05, 4.69) is 10.1 Å². The van der Waals surface area contributed by atoms with Crippen LogP contribution in [0.5, 0.6) is 0 Å². The maximum atomic E-state index is 12.8. The van der Waals surface area contributed by atoms with Crippen LogP contribution in [0.1, 0.15) is 43.0 Å². The van der Waals surface area contributed by atoms with Crippen molar-refractivity contribution in [1.29, 1.82) is 0 Å². The predicted octanol–water partition coefficient (Wildman–Crippen LogP) is 5.06. The van der Waals surface area contributed by atoms with E-state index in [9.17, 15) is 4.79 Å². The molecule has 2 atom stereocenters. The lowest BCUT2D eigenvalue weighted by atomic mass is 9.92. The molecule has 2 heterocycles. The minimum Gasteiger partial charge on any atom is -0.274 e. The fourth-order valence-electron chi connectivity index (χ4n) is 3.58. The fraction of sp³-hybridized carbons (Fsp3) is 0.250. The van der Waals surface area contributed by atoms with Crippen molar-refractivity contribution in [2.45, 2.75) is 31.8 Å². The molecule has 0 N–H and O–H groups in total. The molecule has 1 aliphatic rings. The van der Waals surface area contributed by atoms with Gasteiger partial charge in [0.25, 0.3) is 0 Å². The molecule has 0 spiro atoms. The Morgan fingerprint density at radius 2 is 1.56 bits per heavy atom. The summed E-state index contributed by atoms with van der Waals surface area (Å²) < 4.78 is 1.82. The van der Waals surface area contributed by atoms with E-state index in [1.165, 1.54) is 6.33 Å². The molecule has 0 bridgehead atoms. The van der Waals surface area contributed by atoms with Crippen LogP contribution in [0, 0.1) is 0 Å². The Bertz CT molecular complexity index is 953. The van der Waals surface area contributed by atoms with Crippen LogP contribution in [-0.4, -0.2) is 20.7 Å². The smallest absolute Gasteiger partial charge is 0.231 e. The number of nitrogens with zero attached hydrogens (tertiary/aromatic N) is 4. The van der Waals surface area contributed by atoms with Crippen molar-refractivity contribution in [2.24, 2.45) is 0 Å². The van der Waals surface area contributed by atoms with Crippen LogP contribution >= 0.6 is 23.2 Å². The van der Waals surface area contributed by atoms with Crippen molar-refractivity contribution in [2.75, 3.05) is 4.90 Å². The van der Waals surface area contributed by atoms with E-state index >= 15 is 0 Å². The maximum absolute atomic E-state index is 12.8. The second-order valence-corrected chi connectivity index (χ2v) is 7.37. The van der Waals surface area contributed by atoms with Gasteiger partial charge < -0.3 is 0 Å². The van der Waals surface area contributed by atoms with E-state index in [1.54, 1.807) is 4.90 Å². The Labute approximate surface area is 167 Å². The zero-order valence-corrected chi connectivity index (χ0v) is 16.2. The summed E-state index contributed by atoms with van der Waals surface area (Å²) in [6.45, 7) is 1.85. The van der Waals surface area contributed by atoms with Crippen molar-refractivity contribution < 1.29 is 4.79 Å². The first-order valence-electron chi connectivity index (χ1n) is 8.81. The number of benzene rings is 2. The standard InChI is InChI=1S/C20H18Cl2N4O/c1-2-19(27)25-17(13-3-7-15(21)8-4-13)11-18(26-20(25)23-12-24-26)14-5-9-16(22)10-6-14/h3-10,12,17-18H,2,11H2,1H3/t17-,18-/m0/s1. The van der Waals surface area contributed by atoms with Crippen LogP contribution in [-0.2, 0) is 4.79 Å². The van der Waals surface area contributed by atoms with Gasteiger partial charge in [-0.05, 0) is 41.8 Å². The molecule has 3 aromatic rings. The Morgan fingerprint density at radius 1 is 1.00 bits per heavy atom. The second-order valence-electron chi connectivity index (χ2n) is 6.49.